The first-order valence-corrected chi connectivity index (χ1v) is 7.28. The Labute approximate surface area is 133 Å². The van der Waals surface area contributed by atoms with Gasteiger partial charge >= 0.3 is 0 Å². The van der Waals surface area contributed by atoms with Crippen LogP contribution >= 0.6 is 23.2 Å². The predicted molar refractivity (Wildman–Crippen MR) is 84.4 cm³/mol. The third kappa shape index (κ3) is 3.55. The van der Waals surface area contributed by atoms with Gasteiger partial charge in [0.05, 0.1) is 6.10 Å². The molecule has 0 saturated carbocycles. The van der Waals surface area contributed by atoms with E-state index in [2.05, 4.69) is 0 Å². The Kier molecular flexibility index (Phi) is 5.22. The summed E-state index contributed by atoms with van der Waals surface area (Å²) in [6.45, 7) is 2.08. The lowest BCUT2D eigenvalue weighted by molar-refractivity contribution is 0.147. The molecular weight excluding hydrogens is 312 g/mol. The third-order valence-electron chi connectivity index (χ3n) is 3.47. The van der Waals surface area contributed by atoms with Crippen molar-refractivity contribution in [1.82, 2.24) is 0 Å². The summed E-state index contributed by atoms with van der Waals surface area (Å²) < 4.78 is 13.1. The maximum atomic E-state index is 13.1. The molecule has 21 heavy (non-hydrogen) atoms. The summed E-state index contributed by atoms with van der Waals surface area (Å²) in [5.74, 6) is -0.888. The largest absolute Gasteiger partial charge is 0.388 e. The normalized spacial score (nSPS) is 14.0. The van der Waals surface area contributed by atoms with Crippen LogP contribution in [0, 0.1) is 12.7 Å². The van der Waals surface area contributed by atoms with E-state index in [0.717, 1.165) is 5.56 Å². The highest BCUT2D eigenvalue weighted by atomic mass is 35.5. The summed E-state index contributed by atoms with van der Waals surface area (Å²) in [5, 5.41) is 11.3. The Hall–Kier alpha value is -1.13. The number of halogens is 3. The van der Waals surface area contributed by atoms with Gasteiger partial charge in [-0.15, -0.1) is 0 Å². The van der Waals surface area contributed by atoms with Gasteiger partial charge < -0.3 is 10.8 Å². The Balaban J connectivity index is 2.40. The Morgan fingerprint density at radius 1 is 1.10 bits per heavy atom. The molecule has 0 spiro atoms. The van der Waals surface area contributed by atoms with Gasteiger partial charge in [-0.05, 0) is 41.8 Å². The van der Waals surface area contributed by atoms with Crippen molar-refractivity contribution in [3.8, 4) is 0 Å². The fourth-order valence-electron chi connectivity index (χ4n) is 2.32. The van der Waals surface area contributed by atoms with Crippen LogP contribution in [0.15, 0.2) is 36.4 Å². The van der Waals surface area contributed by atoms with E-state index in [1.807, 2.05) is 13.0 Å². The summed E-state index contributed by atoms with van der Waals surface area (Å²) in [6, 6.07) is 9.46. The summed E-state index contributed by atoms with van der Waals surface area (Å²) in [7, 11) is 0. The number of hydrogen-bond acceptors (Lipinski definition) is 2. The van der Waals surface area contributed by atoms with E-state index >= 15 is 0 Å². The molecule has 2 unspecified atom stereocenters. The van der Waals surface area contributed by atoms with E-state index < -0.39 is 17.8 Å². The van der Waals surface area contributed by atoms with Crippen molar-refractivity contribution in [3.05, 3.63) is 69.0 Å². The van der Waals surface area contributed by atoms with Crippen LogP contribution in [0.4, 0.5) is 4.39 Å². The van der Waals surface area contributed by atoms with E-state index in [1.54, 1.807) is 18.2 Å². The molecule has 0 aromatic heterocycles. The van der Waals surface area contributed by atoms with Gasteiger partial charge in [0, 0.05) is 22.5 Å². The molecule has 2 atom stereocenters. The first kappa shape index (κ1) is 16.2. The molecular formula is C16H16Cl2FNO. The second kappa shape index (κ2) is 6.75. The molecule has 2 aromatic carbocycles. The smallest absolute Gasteiger partial charge is 0.124 e. The molecule has 0 fully saturated rings. The molecule has 0 aliphatic carbocycles. The minimum atomic E-state index is -0.911. The average Bonchev–Trinajstić information content (AvgIpc) is 2.41. The summed E-state index contributed by atoms with van der Waals surface area (Å²) >= 11 is 12.2. The lowest BCUT2D eigenvalue weighted by atomic mass is 9.89. The van der Waals surface area contributed by atoms with Gasteiger partial charge in [0.1, 0.15) is 5.82 Å². The monoisotopic (exact) mass is 327 g/mol. The zero-order valence-electron chi connectivity index (χ0n) is 11.5. The second-order valence-electron chi connectivity index (χ2n) is 4.98. The van der Waals surface area contributed by atoms with E-state index in [1.165, 1.54) is 12.1 Å². The van der Waals surface area contributed by atoms with Crippen molar-refractivity contribution in [3.63, 3.8) is 0 Å². The summed E-state index contributed by atoms with van der Waals surface area (Å²) in [5.41, 5.74) is 7.96. The van der Waals surface area contributed by atoms with Crippen LogP contribution in [0.2, 0.25) is 10.0 Å². The van der Waals surface area contributed by atoms with Crippen molar-refractivity contribution in [2.24, 2.45) is 5.73 Å². The molecule has 0 aliphatic heterocycles. The Morgan fingerprint density at radius 2 is 1.71 bits per heavy atom. The quantitative estimate of drug-likeness (QED) is 0.883. The van der Waals surface area contributed by atoms with E-state index in [9.17, 15) is 9.50 Å². The second-order valence-corrected chi connectivity index (χ2v) is 5.79. The van der Waals surface area contributed by atoms with Crippen LogP contribution in [-0.4, -0.2) is 11.7 Å². The number of aliphatic hydroxyl groups is 1. The van der Waals surface area contributed by atoms with Gasteiger partial charge in [0.15, 0.2) is 0 Å². The maximum Gasteiger partial charge on any atom is 0.124 e. The van der Waals surface area contributed by atoms with Gasteiger partial charge in [0.2, 0.25) is 0 Å². The predicted octanol–water partition coefficient (Wildman–Crippen LogP) is 4.22. The third-order valence-corrected chi connectivity index (χ3v) is 4.13. The molecule has 0 amide bonds. The maximum absolute atomic E-state index is 13.1. The van der Waals surface area contributed by atoms with Gasteiger partial charge in [-0.25, -0.2) is 4.39 Å². The molecule has 2 rings (SSSR count). The van der Waals surface area contributed by atoms with E-state index in [-0.39, 0.29) is 11.6 Å². The number of nitrogens with two attached hydrogens (primary N) is 1. The minimum absolute atomic E-state index is 0.163. The lowest BCUT2D eigenvalue weighted by Gasteiger charge is -2.24. The molecule has 2 aromatic rings. The standard InChI is InChI=1S/C16H16Cl2FNO/c1-9-2-4-12(14(17)6-9)16(21)13(8-20)11-5-3-10(19)7-15(11)18/h2-7,13,16,21H,8,20H2,1H3. The highest BCUT2D eigenvalue weighted by molar-refractivity contribution is 6.32. The number of benzene rings is 2. The molecule has 5 heteroatoms. The molecule has 0 saturated heterocycles. The fraction of sp³-hybridized carbons (Fsp3) is 0.250. The van der Waals surface area contributed by atoms with Crippen molar-refractivity contribution in [2.45, 2.75) is 18.9 Å². The van der Waals surface area contributed by atoms with Crippen LogP contribution < -0.4 is 5.73 Å². The SMILES string of the molecule is Cc1ccc(C(O)C(CN)c2ccc(F)cc2Cl)c(Cl)c1. The minimum Gasteiger partial charge on any atom is -0.388 e. The van der Waals surface area contributed by atoms with Crippen LogP contribution in [-0.2, 0) is 0 Å². The topological polar surface area (TPSA) is 46.2 Å². The average molecular weight is 328 g/mol. The number of hydrogen-bond donors (Lipinski definition) is 2. The fourth-order valence-corrected chi connectivity index (χ4v) is 2.97. The summed E-state index contributed by atoms with van der Waals surface area (Å²) in [6.07, 6.45) is -0.911. The first-order chi connectivity index (χ1) is 9.93. The Bertz CT molecular complexity index is 648. The van der Waals surface area contributed by atoms with Crippen LogP contribution in [0.3, 0.4) is 0 Å². The molecule has 2 nitrogen and oxygen atoms in total. The van der Waals surface area contributed by atoms with Crippen LogP contribution in [0.5, 0.6) is 0 Å². The van der Waals surface area contributed by atoms with E-state index in [4.69, 9.17) is 28.9 Å². The molecule has 0 heterocycles. The van der Waals surface area contributed by atoms with Gasteiger partial charge in [-0.3, -0.25) is 0 Å². The lowest BCUT2D eigenvalue weighted by Crippen LogP contribution is -2.21. The van der Waals surface area contributed by atoms with Crippen molar-refractivity contribution in [2.75, 3.05) is 6.54 Å². The van der Waals surface area contributed by atoms with Crippen molar-refractivity contribution in [1.29, 1.82) is 0 Å². The number of rotatable bonds is 4. The highest BCUT2D eigenvalue weighted by Gasteiger charge is 2.25. The van der Waals surface area contributed by atoms with Gasteiger partial charge in [-0.1, -0.05) is 41.4 Å². The van der Waals surface area contributed by atoms with Crippen molar-refractivity contribution < 1.29 is 9.50 Å². The van der Waals surface area contributed by atoms with Gasteiger partial charge in [0.25, 0.3) is 0 Å². The van der Waals surface area contributed by atoms with Crippen molar-refractivity contribution >= 4 is 23.2 Å². The Morgan fingerprint density at radius 3 is 2.29 bits per heavy atom. The number of aliphatic hydroxyl groups excluding tert-OH is 1. The summed E-state index contributed by atoms with van der Waals surface area (Å²) in [4.78, 5) is 0. The molecule has 0 radical (unpaired) electrons. The molecule has 0 bridgehead atoms. The molecule has 0 aliphatic rings. The van der Waals surface area contributed by atoms with Crippen LogP contribution in [0.25, 0.3) is 0 Å². The van der Waals surface area contributed by atoms with Crippen LogP contribution in [0.1, 0.15) is 28.7 Å². The number of aryl methyl sites for hydroxylation is 1. The zero-order valence-corrected chi connectivity index (χ0v) is 13.0. The highest BCUT2D eigenvalue weighted by Crippen LogP contribution is 2.37. The van der Waals surface area contributed by atoms with Gasteiger partial charge in [-0.2, -0.15) is 0 Å². The molecule has 112 valence electrons. The van der Waals surface area contributed by atoms with E-state index in [0.29, 0.717) is 16.1 Å². The first-order valence-electron chi connectivity index (χ1n) is 6.53. The molecule has 3 N–H and O–H groups in total. The zero-order chi connectivity index (χ0) is 15.6.